The largest absolute Gasteiger partial charge is 0.366 e. The molecule has 4 N–H and O–H groups in total. The van der Waals surface area contributed by atoms with Gasteiger partial charge in [-0.05, 0) is 292 Å². The van der Waals surface area contributed by atoms with Crippen LogP contribution in [0, 0.1) is 79.4 Å². The number of rotatable bonds is 12. The van der Waals surface area contributed by atoms with E-state index in [1.807, 2.05) is 167 Å². The molecule has 10 fully saturated rings. The number of aromatic nitrogens is 10. The third-order valence-corrected chi connectivity index (χ3v) is 26.3. The molecular formula is C100H98ClN20O2+. The van der Waals surface area contributed by atoms with Gasteiger partial charge in [-0.2, -0.15) is 26.0 Å². The summed E-state index contributed by atoms with van der Waals surface area (Å²) in [6.07, 6.45) is 28.8. The number of ketones is 1. The van der Waals surface area contributed by atoms with Crippen molar-refractivity contribution in [3.63, 3.8) is 0 Å². The molecule has 616 valence electrons. The number of carbonyl (C=O) groups is 2. The number of hydrogen-bond acceptors (Lipinski definition) is 19. The van der Waals surface area contributed by atoms with E-state index in [9.17, 15) is 20.1 Å². The number of halogens is 1. The van der Waals surface area contributed by atoms with Crippen LogP contribution in [-0.4, -0.2) is 130 Å². The first kappa shape index (κ1) is 82.3. The first-order valence-electron chi connectivity index (χ1n) is 43.1. The minimum atomic E-state index is -0.437. The zero-order chi connectivity index (χ0) is 83.6. The first-order valence-corrected chi connectivity index (χ1v) is 43.1. The van der Waals surface area contributed by atoms with E-state index in [1.54, 1.807) is 36.5 Å². The van der Waals surface area contributed by atoms with E-state index >= 15 is 0 Å². The fourth-order valence-corrected chi connectivity index (χ4v) is 20.1. The van der Waals surface area contributed by atoms with Crippen LogP contribution in [0.2, 0.25) is 0 Å². The van der Waals surface area contributed by atoms with Gasteiger partial charge in [0.1, 0.15) is 11.4 Å². The molecule has 8 bridgehead atoms. The molecule has 1 amide bonds. The monoisotopic (exact) mass is 1650 g/mol. The Labute approximate surface area is 722 Å². The number of aliphatic imine (C=N–C) groups is 1. The molecule has 23 heteroatoms. The van der Waals surface area contributed by atoms with Gasteiger partial charge in [0, 0.05) is 143 Å². The second kappa shape index (κ2) is 35.9. The topological polar surface area (TPSA) is 313 Å². The lowest BCUT2D eigenvalue weighted by Crippen LogP contribution is -2.51. The lowest BCUT2D eigenvalue weighted by molar-refractivity contribution is -0.626. The van der Waals surface area contributed by atoms with Gasteiger partial charge >= 0.3 is 0 Å². The number of aryl methyl sites for hydroxylation is 4. The van der Waals surface area contributed by atoms with Crippen molar-refractivity contribution in [2.45, 2.75) is 180 Å². The number of Topliss-reactive ketones (excluding diaryl/α,β-unsaturated/α-hetero) is 1. The van der Waals surface area contributed by atoms with Crippen molar-refractivity contribution in [2.24, 2.45) is 39.4 Å². The highest BCUT2D eigenvalue weighted by molar-refractivity contribution is 6.53. The number of amides is 1. The number of hydrazine groups is 1. The van der Waals surface area contributed by atoms with Gasteiger partial charge in [0.2, 0.25) is 17.8 Å². The van der Waals surface area contributed by atoms with Crippen LogP contribution in [0.3, 0.4) is 0 Å². The number of hydrogen-bond donors (Lipinski definition) is 2. The van der Waals surface area contributed by atoms with Crippen LogP contribution in [0.5, 0.6) is 0 Å². The third-order valence-electron chi connectivity index (χ3n) is 26.3. The van der Waals surface area contributed by atoms with Crippen LogP contribution in [0.1, 0.15) is 209 Å². The van der Waals surface area contributed by atoms with Gasteiger partial charge in [0.05, 0.1) is 97.1 Å². The van der Waals surface area contributed by atoms with Gasteiger partial charge in [-0.3, -0.25) is 65.0 Å². The van der Waals surface area contributed by atoms with E-state index in [0.29, 0.717) is 64.3 Å². The highest BCUT2D eigenvalue weighted by Gasteiger charge is 2.53. The normalized spacial score (nSPS) is 21.1. The smallest absolute Gasteiger partial charge is 0.249 e. The summed E-state index contributed by atoms with van der Waals surface area (Å²) in [7, 11) is 0. The van der Waals surface area contributed by atoms with Crippen molar-refractivity contribution in [1.82, 2.24) is 59.7 Å². The van der Waals surface area contributed by atoms with Crippen molar-refractivity contribution in [1.29, 1.82) is 15.8 Å². The Morgan fingerprint density at radius 3 is 1.54 bits per heavy atom. The standard InChI is InChI=1S/C25H23N5O.C25H22N5.C25H25N5.C18H13N3O.C7H14N2.ClH/c1-14-3-2-4-21(28-14)23-22(24-15-5-8-17(9-6-15)30(24)29-23)18-11-12-27-20-10-7-16(25(26)31)13-19(18)20;1-15-3-2-4-22(28-15)23-24(30-18-8-6-17(7-9-18)25(30)29-23)19-11-12-27-21-10-5-16(14-26)13-20(19)21;1-17-3-2-4-24(28-17)25(29-30-16-18-5-8-21(30)9-6-18)14-20-11-12-27-23-10-7-19(15-26)13-22(20)23;1-12-3-2-4-17(21-12)18(22)10-14-7-8-20-16-6-5-13(11-19)9-15(14)16;8-9-5-6-1-3-7(9)4-2-6;/h2-4,7,10-13,15,17H,5-6,8-9H2,1H3,(H2,26,31);2-5,10-13,17-18,25H,6-9H2,1H3;2-4,7,10-13,18,21H,5-6,8-9,14,16H2,1H3;2-9H,10H2,1H3;6-7H,1-5,8H2;1H/q;+1;;;;/b;;29-25-;;;. The predicted molar refractivity (Wildman–Crippen MR) is 481 cm³/mol. The van der Waals surface area contributed by atoms with E-state index in [2.05, 4.69) is 81.7 Å². The molecule has 123 heavy (non-hydrogen) atoms. The molecule has 9 aliphatic heterocycles. The molecule has 18 heterocycles. The molecule has 1 unspecified atom stereocenters. The van der Waals surface area contributed by atoms with Crippen LogP contribution in [0.4, 0.5) is 0 Å². The number of nitrogens with two attached hydrogens (primary N) is 2. The maximum Gasteiger partial charge on any atom is 0.249 e. The Balaban J connectivity index is 0.000000113. The summed E-state index contributed by atoms with van der Waals surface area (Å²) in [4.78, 5) is 66.1. The minimum Gasteiger partial charge on any atom is -0.366 e. The number of fused-ring (bicyclic) bond motifs is 14. The minimum absolute atomic E-state index is 0. The molecule has 4 aliphatic carbocycles. The molecule has 1 atom stereocenters. The summed E-state index contributed by atoms with van der Waals surface area (Å²) in [5.41, 5.74) is 28.9. The zero-order valence-electron chi connectivity index (χ0n) is 69.7. The maximum absolute atomic E-state index is 12.4. The molecule has 9 aromatic heterocycles. The number of hydrazone groups is 1. The Kier molecular flexibility index (Phi) is 24.0. The molecular weight excluding hydrogens is 1550 g/mol. The number of piperidine rings is 6. The van der Waals surface area contributed by atoms with Crippen LogP contribution in [-0.2, 0) is 12.8 Å². The van der Waals surface area contributed by atoms with E-state index < -0.39 is 5.91 Å². The van der Waals surface area contributed by atoms with Crippen LogP contribution >= 0.6 is 12.4 Å². The average molecular weight is 1650 g/mol. The van der Waals surface area contributed by atoms with Crippen molar-refractivity contribution >= 4 is 84.8 Å². The van der Waals surface area contributed by atoms with Gasteiger partial charge in [0.15, 0.2) is 17.5 Å². The average Bonchev–Trinajstić information content (AvgIpc) is 1.58. The van der Waals surface area contributed by atoms with Gasteiger partial charge in [-0.25, -0.2) is 14.6 Å². The van der Waals surface area contributed by atoms with Gasteiger partial charge in [-0.15, -0.1) is 12.4 Å². The molecule has 6 saturated heterocycles. The van der Waals surface area contributed by atoms with E-state index in [-0.39, 0.29) is 30.8 Å². The first-order chi connectivity index (χ1) is 59.5. The zero-order valence-corrected chi connectivity index (χ0v) is 70.6. The summed E-state index contributed by atoms with van der Waals surface area (Å²) in [5.74, 6) is 8.07. The molecule has 0 radical (unpaired) electrons. The second-order valence-corrected chi connectivity index (χ2v) is 34.2. The number of nitriles is 3. The van der Waals surface area contributed by atoms with Crippen molar-refractivity contribution in [3.05, 3.63) is 279 Å². The summed E-state index contributed by atoms with van der Waals surface area (Å²) in [5, 5.41) is 46.3. The molecule has 13 aliphatic rings. The third kappa shape index (κ3) is 17.2. The number of nitrogens with zero attached hydrogens (tertiary/aromatic N) is 18. The van der Waals surface area contributed by atoms with E-state index in [4.69, 9.17) is 47.0 Å². The van der Waals surface area contributed by atoms with Crippen LogP contribution < -0.4 is 11.6 Å². The van der Waals surface area contributed by atoms with Crippen LogP contribution in [0.15, 0.2) is 205 Å². The predicted octanol–water partition coefficient (Wildman–Crippen LogP) is 17.8. The summed E-state index contributed by atoms with van der Waals surface area (Å²) in [6.45, 7) is 10.1. The molecule has 26 rings (SSSR count). The Morgan fingerprint density at radius 2 is 0.992 bits per heavy atom. The molecule has 0 spiro atoms. The number of pyridine rings is 8. The Hall–Kier alpha value is -13.0. The molecule has 4 aromatic carbocycles. The van der Waals surface area contributed by atoms with Gasteiger partial charge in [0.25, 0.3) is 0 Å². The SMILES string of the molecule is Cc1cccc(-c2nn3c(c2-c2ccnc4ccc(C(N)=O)cc24)C2CCC3CC2)n1.Cc1cccc(/C(Cc2ccnc3ccc(C#N)cc23)=N\N2CC3CCC2CC3)n1.Cc1cccc(C(=O)Cc2ccnc3ccc(C#N)cc23)n1.Cc1cccc(C2=NC3C4CCC(CC4)[N+]3=C2c2ccnc3ccc(C#N)cc23)n1.Cl.NN1CC2CCC1CC2. The van der Waals surface area contributed by atoms with E-state index in [0.717, 1.165) is 165 Å². The van der Waals surface area contributed by atoms with Crippen LogP contribution in [0.25, 0.3) is 66.1 Å². The number of benzene rings is 4. The Bertz CT molecular complexity index is 6480. The number of primary amides is 1. The summed E-state index contributed by atoms with van der Waals surface area (Å²) in [6, 6.07) is 62.8. The van der Waals surface area contributed by atoms with Crippen molar-refractivity contribution in [3.8, 4) is 40.7 Å². The van der Waals surface area contributed by atoms with Crippen molar-refractivity contribution < 1.29 is 14.2 Å². The fourth-order valence-electron chi connectivity index (χ4n) is 20.1. The lowest BCUT2D eigenvalue weighted by Gasteiger charge is -2.44. The molecule has 13 aromatic rings. The fraction of sp³-hybridized carbons (Fsp3) is 0.330. The molecule has 22 nitrogen and oxygen atoms in total. The second-order valence-electron chi connectivity index (χ2n) is 34.2. The van der Waals surface area contributed by atoms with Gasteiger partial charge in [-0.1, -0.05) is 24.3 Å². The van der Waals surface area contributed by atoms with Gasteiger partial charge < -0.3 is 5.73 Å². The summed E-state index contributed by atoms with van der Waals surface area (Å²) >= 11 is 0. The lowest BCUT2D eigenvalue weighted by atomic mass is 9.77. The number of carbonyl (C=O) groups excluding carboxylic acids is 2. The van der Waals surface area contributed by atoms with Crippen molar-refractivity contribution in [2.75, 3.05) is 13.1 Å². The highest BCUT2D eigenvalue weighted by atomic mass is 35.5. The Morgan fingerprint density at radius 1 is 0.496 bits per heavy atom. The maximum atomic E-state index is 12.4. The quantitative estimate of drug-likeness (QED) is 0.0497. The summed E-state index contributed by atoms with van der Waals surface area (Å²) < 4.78 is 4.82. The van der Waals surface area contributed by atoms with E-state index in [1.165, 1.54) is 108 Å². The highest BCUT2D eigenvalue weighted by Crippen LogP contribution is 2.52. The molecule has 4 saturated carbocycles.